The second kappa shape index (κ2) is 11.2. The monoisotopic (exact) mass is 360 g/mol. The van der Waals surface area contributed by atoms with E-state index in [2.05, 4.69) is 58.6 Å². The van der Waals surface area contributed by atoms with Crippen LogP contribution in [0.25, 0.3) is 0 Å². The molecule has 1 aromatic rings. The van der Waals surface area contributed by atoms with E-state index in [0.717, 1.165) is 45.2 Å². The van der Waals surface area contributed by atoms with E-state index < -0.39 is 0 Å². The van der Waals surface area contributed by atoms with Crippen LogP contribution in [0.15, 0.2) is 29.3 Å². The van der Waals surface area contributed by atoms with Gasteiger partial charge < -0.3 is 20.3 Å². The Morgan fingerprint density at radius 2 is 2.12 bits per heavy atom. The zero-order valence-corrected chi connectivity index (χ0v) is 16.9. The third-order valence-electron chi connectivity index (χ3n) is 5.16. The van der Waals surface area contributed by atoms with E-state index in [1.54, 1.807) is 7.11 Å². The standard InChI is InChI=1S/C21H36N4O/c1-17-7-5-8-19(15-17)18(2)16-23-21(22-3)24-20-9-12-25(13-10-20)11-6-14-26-4/h5,7-8,15,18,20H,6,9-14,16H2,1-4H3,(H2,22,23,24). The Hall–Kier alpha value is -1.59. The third kappa shape index (κ3) is 6.96. The van der Waals surface area contributed by atoms with E-state index in [1.807, 2.05) is 7.05 Å². The van der Waals surface area contributed by atoms with Gasteiger partial charge in [-0.25, -0.2) is 0 Å². The summed E-state index contributed by atoms with van der Waals surface area (Å²) in [7, 11) is 3.63. The number of piperidine rings is 1. The van der Waals surface area contributed by atoms with Gasteiger partial charge in [-0.3, -0.25) is 4.99 Å². The van der Waals surface area contributed by atoms with Crippen molar-refractivity contribution >= 4 is 5.96 Å². The number of likely N-dealkylation sites (tertiary alicyclic amines) is 1. The Morgan fingerprint density at radius 1 is 1.35 bits per heavy atom. The van der Waals surface area contributed by atoms with Crippen molar-refractivity contribution in [2.24, 2.45) is 4.99 Å². The van der Waals surface area contributed by atoms with Gasteiger partial charge in [-0.15, -0.1) is 0 Å². The van der Waals surface area contributed by atoms with Crippen molar-refractivity contribution in [2.75, 3.05) is 46.9 Å². The molecule has 146 valence electrons. The number of aryl methyl sites for hydroxylation is 1. The van der Waals surface area contributed by atoms with E-state index in [0.29, 0.717) is 12.0 Å². The second-order valence-electron chi connectivity index (χ2n) is 7.37. The molecule has 1 aromatic carbocycles. The number of hydrogen-bond donors (Lipinski definition) is 2. The number of benzene rings is 1. The molecule has 1 aliphatic rings. The zero-order valence-electron chi connectivity index (χ0n) is 16.9. The normalized spacial score (nSPS) is 17.9. The highest BCUT2D eigenvalue weighted by molar-refractivity contribution is 5.80. The molecule has 1 aliphatic heterocycles. The summed E-state index contributed by atoms with van der Waals surface area (Å²) < 4.78 is 5.14. The molecule has 1 unspecified atom stereocenters. The average molecular weight is 361 g/mol. The average Bonchev–Trinajstić information content (AvgIpc) is 2.66. The fourth-order valence-corrected chi connectivity index (χ4v) is 3.47. The largest absolute Gasteiger partial charge is 0.385 e. The fraction of sp³-hybridized carbons (Fsp3) is 0.667. The highest BCUT2D eigenvalue weighted by atomic mass is 16.5. The van der Waals surface area contributed by atoms with Crippen LogP contribution in [-0.2, 0) is 4.74 Å². The lowest BCUT2D eigenvalue weighted by atomic mass is 9.99. The number of nitrogens with zero attached hydrogens (tertiary/aromatic N) is 2. The summed E-state index contributed by atoms with van der Waals surface area (Å²) in [5.41, 5.74) is 2.69. The molecule has 5 nitrogen and oxygen atoms in total. The van der Waals surface area contributed by atoms with E-state index in [-0.39, 0.29) is 0 Å². The van der Waals surface area contributed by atoms with Gasteiger partial charge >= 0.3 is 0 Å². The van der Waals surface area contributed by atoms with Crippen molar-refractivity contribution in [3.8, 4) is 0 Å². The first-order valence-electron chi connectivity index (χ1n) is 9.87. The van der Waals surface area contributed by atoms with Crippen LogP contribution in [0.1, 0.15) is 43.2 Å². The van der Waals surface area contributed by atoms with Crippen molar-refractivity contribution in [1.82, 2.24) is 15.5 Å². The van der Waals surface area contributed by atoms with Gasteiger partial charge in [0, 0.05) is 53.0 Å². The molecule has 26 heavy (non-hydrogen) atoms. The summed E-state index contributed by atoms with van der Waals surface area (Å²) in [5.74, 6) is 1.37. The summed E-state index contributed by atoms with van der Waals surface area (Å²) in [6, 6.07) is 9.26. The highest BCUT2D eigenvalue weighted by Crippen LogP contribution is 2.15. The SMILES string of the molecule is CN=C(NCC(C)c1cccc(C)c1)NC1CCN(CCCOC)CC1. The Morgan fingerprint density at radius 3 is 2.77 bits per heavy atom. The van der Waals surface area contributed by atoms with Gasteiger partial charge in [0.05, 0.1) is 0 Å². The smallest absolute Gasteiger partial charge is 0.191 e. The van der Waals surface area contributed by atoms with Crippen LogP contribution in [-0.4, -0.2) is 63.8 Å². The summed E-state index contributed by atoms with van der Waals surface area (Å²) in [4.78, 5) is 6.94. The summed E-state index contributed by atoms with van der Waals surface area (Å²) >= 11 is 0. The van der Waals surface area contributed by atoms with Crippen LogP contribution in [0.5, 0.6) is 0 Å². The first-order chi connectivity index (χ1) is 12.6. The summed E-state index contributed by atoms with van der Waals surface area (Å²) in [6.07, 6.45) is 3.46. The lowest BCUT2D eigenvalue weighted by molar-refractivity contribution is 0.155. The van der Waals surface area contributed by atoms with Gasteiger partial charge in [0.1, 0.15) is 0 Å². The minimum atomic E-state index is 0.455. The molecular formula is C21H36N4O. The van der Waals surface area contributed by atoms with Crippen molar-refractivity contribution in [3.63, 3.8) is 0 Å². The fourth-order valence-electron chi connectivity index (χ4n) is 3.47. The number of methoxy groups -OCH3 is 1. The Kier molecular flexibility index (Phi) is 8.92. The van der Waals surface area contributed by atoms with Gasteiger partial charge in [-0.05, 0) is 37.7 Å². The highest BCUT2D eigenvalue weighted by Gasteiger charge is 2.19. The maximum Gasteiger partial charge on any atom is 0.191 e. The minimum absolute atomic E-state index is 0.455. The number of rotatable bonds is 8. The van der Waals surface area contributed by atoms with Gasteiger partial charge in [-0.1, -0.05) is 36.8 Å². The predicted octanol–water partition coefficient (Wildman–Crippen LogP) is 2.76. The molecule has 1 fully saturated rings. The molecular weight excluding hydrogens is 324 g/mol. The molecule has 2 rings (SSSR count). The molecule has 2 N–H and O–H groups in total. The van der Waals surface area contributed by atoms with Crippen molar-refractivity contribution in [1.29, 1.82) is 0 Å². The summed E-state index contributed by atoms with van der Waals surface area (Å²) in [5, 5.41) is 7.10. The maximum absolute atomic E-state index is 5.14. The van der Waals surface area contributed by atoms with E-state index in [4.69, 9.17) is 4.74 Å². The Bertz CT molecular complexity index is 553. The number of guanidine groups is 1. The van der Waals surface area contributed by atoms with Crippen LogP contribution in [0, 0.1) is 6.92 Å². The Balaban J connectivity index is 1.71. The number of nitrogens with one attached hydrogen (secondary N) is 2. The molecule has 0 aromatic heterocycles. The van der Waals surface area contributed by atoms with Crippen molar-refractivity contribution < 1.29 is 4.74 Å². The molecule has 1 saturated heterocycles. The molecule has 0 spiro atoms. The quantitative estimate of drug-likeness (QED) is 0.425. The number of hydrogen-bond acceptors (Lipinski definition) is 3. The van der Waals surface area contributed by atoms with Crippen LogP contribution in [0.3, 0.4) is 0 Å². The molecule has 5 heteroatoms. The van der Waals surface area contributed by atoms with E-state index in [9.17, 15) is 0 Å². The molecule has 0 aliphatic carbocycles. The number of aliphatic imine (C=N–C) groups is 1. The molecule has 1 atom stereocenters. The van der Waals surface area contributed by atoms with Crippen LogP contribution in [0.4, 0.5) is 0 Å². The molecule has 0 bridgehead atoms. The first-order valence-corrected chi connectivity index (χ1v) is 9.87. The minimum Gasteiger partial charge on any atom is -0.385 e. The number of ether oxygens (including phenoxy) is 1. The summed E-state index contributed by atoms with van der Waals surface area (Å²) in [6.45, 7) is 9.59. The van der Waals surface area contributed by atoms with Crippen LogP contribution >= 0.6 is 0 Å². The van der Waals surface area contributed by atoms with Crippen LogP contribution in [0.2, 0.25) is 0 Å². The van der Waals surface area contributed by atoms with Crippen LogP contribution < -0.4 is 10.6 Å². The topological polar surface area (TPSA) is 48.9 Å². The first kappa shape index (κ1) is 20.7. The predicted molar refractivity (Wildman–Crippen MR) is 110 cm³/mol. The van der Waals surface area contributed by atoms with Gasteiger partial charge in [0.15, 0.2) is 5.96 Å². The van der Waals surface area contributed by atoms with Gasteiger partial charge in [0.25, 0.3) is 0 Å². The molecule has 0 saturated carbocycles. The molecule has 0 radical (unpaired) electrons. The lowest BCUT2D eigenvalue weighted by Gasteiger charge is -2.33. The lowest BCUT2D eigenvalue weighted by Crippen LogP contribution is -2.49. The van der Waals surface area contributed by atoms with Gasteiger partial charge in [-0.2, -0.15) is 0 Å². The van der Waals surface area contributed by atoms with Gasteiger partial charge in [0.2, 0.25) is 0 Å². The molecule has 0 amide bonds. The van der Waals surface area contributed by atoms with Crippen molar-refractivity contribution in [3.05, 3.63) is 35.4 Å². The second-order valence-corrected chi connectivity index (χ2v) is 7.37. The third-order valence-corrected chi connectivity index (χ3v) is 5.16. The Labute approximate surface area is 159 Å². The molecule has 1 heterocycles. The van der Waals surface area contributed by atoms with E-state index >= 15 is 0 Å². The zero-order chi connectivity index (χ0) is 18.8. The van der Waals surface area contributed by atoms with E-state index in [1.165, 1.54) is 24.0 Å². The maximum atomic E-state index is 5.14. The van der Waals surface area contributed by atoms with Crippen molar-refractivity contribution in [2.45, 2.75) is 45.1 Å².